The lowest BCUT2D eigenvalue weighted by atomic mass is 10.0. The molecule has 1 aliphatic rings. The molecule has 6 heteroatoms. The topological polar surface area (TPSA) is 56.1 Å². The fraction of sp³-hybridized carbons (Fsp3) is 0.286. The van der Waals surface area contributed by atoms with Crippen molar-refractivity contribution in [1.29, 1.82) is 0 Å². The first-order valence-corrected chi connectivity index (χ1v) is 11.7. The predicted molar refractivity (Wildman–Crippen MR) is 131 cm³/mol. The minimum absolute atomic E-state index is 0.0547. The molecule has 0 N–H and O–H groups in total. The minimum atomic E-state index is 0.0547. The number of amides is 1. The molecule has 34 heavy (non-hydrogen) atoms. The number of benzene rings is 2. The fourth-order valence-corrected chi connectivity index (χ4v) is 4.65. The largest absolute Gasteiger partial charge is 0.497 e. The zero-order valence-electron chi connectivity index (χ0n) is 19.6. The second-order valence-corrected chi connectivity index (χ2v) is 8.87. The number of methoxy groups -OCH3 is 1. The van der Waals surface area contributed by atoms with Crippen LogP contribution in [0.1, 0.15) is 40.0 Å². The van der Waals surface area contributed by atoms with Gasteiger partial charge in [0.2, 0.25) is 0 Å². The number of pyridine rings is 1. The van der Waals surface area contributed by atoms with Crippen molar-refractivity contribution in [3.8, 4) is 11.5 Å². The number of imidazole rings is 1. The van der Waals surface area contributed by atoms with Crippen molar-refractivity contribution in [2.24, 2.45) is 0 Å². The predicted octanol–water partition coefficient (Wildman–Crippen LogP) is 5.08. The molecular weight excluding hydrogens is 426 g/mol. The molecule has 1 aliphatic heterocycles. The molecule has 3 heterocycles. The van der Waals surface area contributed by atoms with Crippen molar-refractivity contribution in [3.05, 3.63) is 95.4 Å². The third kappa shape index (κ3) is 4.76. The van der Waals surface area contributed by atoms with E-state index in [1.54, 1.807) is 7.11 Å². The molecule has 0 aliphatic carbocycles. The van der Waals surface area contributed by atoms with Gasteiger partial charge in [-0.25, -0.2) is 4.98 Å². The Balaban J connectivity index is 1.26. The number of ether oxygens (including phenoxy) is 2. The Labute approximate surface area is 199 Å². The molecule has 0 bridgehead atoms. The summed E-state index contributed by atoms with van der Waals surface area (Å²) in [6, 6.07) is 19.8. The van der Waals surface area contributed by atoms with E-state index in [4.69, 9.17) is 9.47 Å². The van der Waals surface area contributed by atoms with Crippen molar-refractivity contribution in [3.63, 3.8) is 0 Å². The molecule has 1 atom stereocenters. The first-order valence-electron chi connectivity index (χ1n) is 11.7. The molecule has 0 radical (unpaired) electrons. The zero-order chi connectivity index (χ0) is 23.5. The van der Waals surface area contributed by atoms with Gasteiger partial charge >= 0.3 is 0 Å². The maximum atomic E-state index is 13.4. The quantitative estimate of drug-likeness (QED) is 0.390. The monoisotopic (exact) mass is 455 g/mol. The second kappa shape index (κ2) is 9.59. The third-order valence-corrected chi connectivity index (χ3v) is 6.36. The summed E-state index contributed by atoms with van der Waals surface area (Å²) in [5.74, 6) is 1.57. The van der Waals surface area contributed by atoms with Crippen LogP contribution in [0.3, 0.4) is 0 Å². The number of aromatic nitrogens is 2. The Hall–Kier alpha value is -3.80. The van der Waals surface area contributed by atoms with Gasteiger partial charge in [0, 0.05) is 30.5 Å². The molecule has 1 amide bonds. The van der Waals surface area contributed by atoms with Crippen molar-refractivity contribution < 1.29 is 14.3 Å². The van der Waals surface area contributed by atoms with Crippen LogP contribution in [-0.4, -0.2) is 39.9 Å². The van der Waals surface area contributed by atoms with Crippen molar-refractivity contribution in [2.45, 2.75) is 38.8 Å². The summed E-state index contributed by atoms with van der Waals surface area (Å²) in [5.41, 5.74) is 4.75. The normalized spacial score (nSPS) is 15.6. The van der Waals surface area contributed by atoms with Gasteiger partial charge in [-0.3, -0.25) is 4.79 Å². The van der Waals surface area contributed by atoms with Crippen LogP contribution in [0.2, 0.25) is 0 Å². The van der Waals surface area contributed by atoms with E-state index < -0.39 is 0 Å². The van der Waals surface area contributed by atoms with Gasteiger partial charge in [-0.2, -0.15) is 0 Å². The van der Waals surface area contributed by atoms with E-state index in [9.17, 15) is 4.79 Å². The summed E-state index contributed by atoms with van der Waals surface area (Å²) in [7, 11) is 1.68. The maximum absolute atomic E-state index is 13.4. The average molecular weight is 456 g/mol. The van der Waals surface area contributed by atoms with Crippen LogP contribution in [0, 0.1) is 6.92 Å². The summed E-state index contributed by atoms with van der Waals surface area (Å²) in [6.07, 6.45) is 6.87. The van der Waals surface area contributed by atoms with Crippen LogP contribution in [0.5, 0.6) is 11.5 Å². The number of carbonyl (C=O) groups excluding carboxylic acids is 1. The number of likely N-dealkylation sites (tertiary alicyclic amines) is 1. The molecule has 1 fully saturated rings. The van der Waals surface area contributed by atoms with Gasteiger partial charge < -0.3 is 18.8 Å². The molecule has 2 aromatic carbocycles. The van der Waals surface area contributed by atoms with E-state index in [1.165, 1.54) is 11.1 Å². The SMILES string of the molecule is COc1cccc(CC2CCCN2C(=O)c2cccc(OCc3cn4cc(C)ccc4n3)c2)c1. The van der Waals surface area contributed by atoms with Crippen molar-refractivity contribution in [1.82, 2.24) is 14.3 Å². The Kier molecular flexibility index (Phi) is 6.21. The highest BCUT2D eigenvalue weighted by atomic mass is 16.5. The highest BCUT2D eigenvalue weighted by molar-refractivity contribution is 5.95. The van der Waals surface area contributed by atoms with E-state index in [-0.39, 0.29) is 11.9 Å². The number of aryl methyl sites for hydroxylation is 1. The van der Waals surface area contributed by atoms with E-state index in [0.29, 0.717) is 17.9 Å². The fourth-order valence-electron chi connectivity index (χ4n) is 4.65. The van der Waals surface area contributed by atoms with Gasteiger partial charge in [0.1, 0.15) is 23.8 Å². The van der Waals surface area contributed by atoms with Crippen LogP contribution >= 0.6 is 0 Å². The third-order valence-electron chi connectivity index (χ3n) is 6.36. The van der Waals surface area contributed by atoms with Crippen LogP contribution < -0.4 is 9.47 Å². The highest BCUT2D eigenvalue weighted by Gasteiger charge is 2.29. The molecule has 174 valence electrons. The van der Waals surface area contributed by atoms with Crippen LogP contribution in [-0.2, 0) is 13.0 Å². The van der Waals surface area contributed by atoms with Gasteiger partial charge in [0.25, 0.3) is 5.91 Å². The van der Waals surface area contributed by atoms with Crippen molar-refractivity contribution >= 4 is 11.6 Å². The summed E-state index contributed by atoms with van der Waals surface area (Å²) in [6.45, 7) is 3.18. The Morgan fingerprint density at radius 1 is 1.06 bits per heavy atom. The summed E-state index contributed by atoms with van der Waals surface area (Å²) in [5, 5.41) is 0. The van der Waals surface area contributed by atoms with E-state index in [2.05, 4.69) is 24.0 Å². The maximum Gasteiger partial charge on any atom is 0.254 e. The van der Waals surface area contributed by atoms with Gasteiger partial charge in [0.05, 0.1) is 12.8 Å². The lowest BCUT2D eigenvalue weighted by Crippen LogP contribution is -2.36. The lowest BCUT2D eigenvalue weighted by molar-refractivity contribution is 0.0736. The highest BCUT2D eigenvalue weighted by Crippen LogP contribution is 2.26. The first-order chi connectivity index (χ1) is 16.6. The molecule has 2 aromatic heterocycles. The van der Waals surface area contributed by atoms with E-state index in [0.717, 1.165) is 42.9 Å². The molecule has 4 aromatic rings. The number of nitrogens with zero attached hydrogens (tertiary/aromatic N) is 3. The number of fused-ring (bicyclic) bond motifs is 1. The van der Waals surface area contributed by atoms with Gasteiger partial charge in [-0.05, 0) is 73.7 Å². The van der Waals surface area contributed by atoms with Crippen LogP contribution in [0.15, 0.2) is 73.1 Å². The first kappa shape index (κ1) is 22.0. The summed E-state index contributed by atoms with van der Waals surface area (Å²) >= 11 is 0. The second-order valence-electron chi connectivity index (χ2n) is 8.87. The number of carbonyl (C=O) groups is 1. The van der Waals surface area contributed by atoms with Crippen LogP contribution in [0.25, 0.3) is 5.65 Å². The number of hydrogen-bond acceptors (Lipinski definition) is 4. The summed E-state index contributed by atoms with van der Waals surface area (Å²) in [4.78, 5) is 20.0. The van der Waals surface area contributed by atoms with E-state index >= 15 is 0 Å². The zero-order valence-corrected chi connectivity index (χ0v) is 19.6. The van der Waals surface area contributed by atoms with Crippen LogP contribution in [0.4, 0.5) is 0 Å². The smallest absolute Gasteiger partial charge is 0.254 e. The van der Waals surface area contributed by atoms with Gasteiger partial charge in [0.15, 0.2) is 0 Å². The van der Waals surface area contributed by atoms with Gasteiger partial charge in [-0.15, -0.1) is 0 Å². The lowest BCUT2D eigenvalue weighted by Gasteiger charge is -2.25. The van der Waals surface area contributed by atoms with Crippen molar-refractivity contribution in [2.75, 3.05) is 13.7 Å². The number of hydrogen-bond donors (Lipinski definition) is 0. The summed E-state index contributed by atoms with van der Waals surface area (Å²) < 4.78 is 13.3. The Morgan fingerprint density at radius 2 is 1.91 bits per heavy atom. The average Bonchev–Trinajstić information content (AvgIpc) is 3.49. The van der Waals surface area contributed by atoms with E-state index in [1.807, 2.05) is 70.2 Å². The molecule has 1 saturated heterocycles. The molecule has 0 spiro atoms. The Bertz CT molecular complexity index is 1310. The molecule has 1 unspecified atom stereocenters. The van der Waals surface area contributed by atoms with Gasteiger partial charge in [-0.1, -0.05) is 24.3 Å². The Morgan fingerprint density at radius 3 is 2.79 bits per heavy atom. The molecule has 5 rings (SSSR count). The molecular formula is C28H29N3O3. The number of rotatable bonds is 7. The molecule has 6 nitrogen and oxygen atoms in total. The standard InChI is InChI=1S/C28H29N3O3/c1-20-11-12-27-29-23(18-30(27)17-20)19-34-26-10-4-7-22(16-26)28(32)31-13-5-8-24(31)14-21-6-3-9-25(15-21)33-2/h3-4,6-7,9-12,15-18,24H,5,8,13-14,19H2,1-2H3. The minimum Gasteiger partial charge on any atom is -0.497 e. The molecule has 0 saturated carbocycles.